The van der Waals surface area contributed by atoms with Crippen LogP contribution in [0.5, 0.6) is 5.06 Å². The first-order chi connectivity index (χ1) is 10.0. The fourth-order valence-corrected chi connectivity index (χ4v) is 3.34. The maximum absolute atomic E-state index is 12.7. The van der Waals surface area contributed by atoms with Gasteiger partial charge in [0.1, 0.15) is 5.76 Å². The zero-order valence-electron chi connectivity index (χ0n) is 11.4. The lowest BCUT2D eigenvalue weighted by Gasteiger charge is -2.19. The first-order valence-electron chi connectivity index (χ1n) is 6.20. The SMILES string of the molecule is COC1=C(Cl)CC2=NC(C)=[C]C2=C1C(=O)c1ccc(O)s1. The molecule has 1 aliphatic carbocycles. The molecule has 1 N–H and O–H groups in total. The highest BCUT2D eigenvalue weighted by molar-refractivity contribution is 7.15. The molecule has 6 heteroatoms. The summed E-state index contributed by atoms with van der Waals surface area (Å²) in [5, 5.41) is 9.98. The number of aliphatic imine (C=N–C) groups is 1. The van der Waals surface area contributed by atoms with Gasteiger partial charge in [-0.25, -0.2) is 0 Å². The Morgan fingerprint density at radius 3 is 2.90 bits per heavy atom. The number of hydrogen-bond donors (Lipinski definition) is 1. The fraction of sp³-hybridized carbons (Fsp3) is 0.200. The summed E-state index contributed by atoms with van der Waals surface area (Å²) in [5.74, 6) is 0.102. The number of carbonyl (C=O) groups is 1. The number of ketones is 1. The number of carbonyl (C=O) groups excluding carboxylic acids is 1. The van der Waals surface area contributed by atoms with E-state index in [0.29, 0.717) is 38.9 Å². The molecule has 1 aliphatic heterocycles. The first kappa shape index (κ1) is 14.1. The van der Waals surface area contributed by atoms with Gasteiger partial charge in [0.05, 0.1) is 28.3 Å². The Labute approximate surface area is 130 Å². The van der Waals surface area contributed by atoms with Gasteiger partial charge in [-0.1, -0.05) is 22.9 Å². The van der Waals surface area contributed by atoms with Crippen LogP contribution in [0.3, 0.4) is 0 Å². The van der Waals surface area contributed by atoms with E-state index in [1.807, 2.05) is 6.92 Å². The van der Waals surface area contributed by atoms with Crippen LogP contribution in [0.25, 0.3) is 0 Å². The van der Waals surface area contributed by atoms with Crippen LogP contribution < -0.4 is 0 Å². The Morgan fingerprint density at radius 1 is 1.52 bits per heavy atom. The summed E-state index contributed by atoms with van der Waals surface area (Å²) in [4.78, 5) is 17.5. The van der Waals surface area contributed by atoms with E-state index in [2.05, 4.69) is 11.1 Å². The van der Waals surface area contributed by atoms with Crippen molar-refractivity contribution in [3.05, 3.63) is 50.7 Å². The zero-order valence-corrected chi connectivity index (χ0v) is 12.9. The molecule has 3 rings (SSSR count). The third-order valence-electron chi connectivity index (χ3n) is 3.19. The van der Waals surface area contributed by atoms with Gasteiger partial charge in [-0.15, -0.1) is 0 Å². The summed E-state index contributed by atoms with van der Waals surface area (Å²) in [6.07, 6.45) is 3.52. The molecule has 1 aromatic heterocycles. The molecule has 0 saturated heterocycles. The maximum atomic E-state index is 12.7. The van der Waals surface area contributed by atoms with Crippen LogP contribution in [-0.2, 0) is 4.74 Å². The van der Waals surface area contributed by atoms with Crippen molar-refractivity contribution in [3.8, 4) is 5.06 Å². The highest BCUT2D eigenvalue weighted by atomic mass is 35.5. The van der Waals surface area contributed by atoms with E-state index in [4.69, 9.17) is 16.3 Å². The topological polar surface area (TPSA) is 58.9 Å². The highest BCUT2D eigenvalue weighted by Crippen LogP contribution is 2.38. The molecule has 107 valence electrons. The van der Waals surface area contributed by atoms with Crippen molar-refractivity contribution >= 4 is 34.4 Å². The normalized spacial score (nSPS) is 17.7. The van der Waals surface area contributed by atoms with Crippen molar-refractivity contribution in [2.75, 3.05) is 7.11 Å². The van der Waals surface area contributed by atoms with Gasteiger partial charge in [0.25, 0.3) is 0 Å². The molecule has 0 amide bonds. The number of ether oxygens (including phenoxy) is 1. The van der Waals surface area contributed by atoms with Crippen LogP contribution in [0, 0.1) is 6.08 Å². The summed E-state index contributed by atoms with van der Waals surface area (Å²) >= 11 is 7.25. The first-order valence-corrected chi connectivity index (χ1v) is 7.40. The minimum atomic E-state index is -0.250. The van der Waals surface area contributed by atoms with Gasteiger partial charge in [0.2, 0.25) is 5.78 Å². The number of rotatable bonds is 3. The van der Waals surface area contributed by atoms with Crippen LogP contribution >= 0.6 is 22.9 Å². The average Bonchev–Trinajstić information content (AvgIpc) is 3.01. The average molecular weight is 321 g/mol. The summed E-state index contributed by atoms with van der Waals surface area (Å²) in [5.41, 5.74) is 2.42. The fourth-order valence-electron chi connectivity index (χ4n) is 2.35. The molecule has 0 atom stereocenters. The predicted octanol–water partition coefficient (Wildman–Crippen LogP) is 3.60. The van der Waals surface area contributed by atoms with Gasteiger partial charge < -0.3 is 9.84 Å². The standard InChI is InChI=1S/C15H11ClNO3S/c1-7-5-8-10(17-7)6-9(16)15(20-2)13(8)14(19)11-3-4-12(18)21-11/h3-4,18H,6H2,1-2H3. The number of halogens is 1. The number of fused-ring (bicyclic) bond motifs is 1. The van der Waals surface area contributed by atoms with E-state index >= 15 is 0 Å². The molecular weight excluding hydrogens is 310 g/mol. The molecule has 2 aliphatic rings. The smallest absolute Gasteiger partial charge is 0.207 e. The van der Waals surface area contributed by atoms with Crippen LogP contribution in [0.15, 0.2) is 44.8 Å². The number of nitrogens with zero attached hydrogens (tertiary/aromatic N) is 1. The summed E-state index contributed by atoms with van der Waals surface area (Å²) in [7, 11) is 1.48. The van der Waals surface area contributed by atoms with Gasteiger partial charge in [-0.3, -0.25) is 9.79 Å². The van der Waals surface area contributed by atoms with Crippen molar-refractivity contribution in [2.24, 2.45) is 4.99 Å². The zero-order chi connectivity index (χ0) is 15.1. The molecular formula is C15H11ClNO3S. The van der Waals surface area contributed by atoms with Gasteiger partial charge in [0, 0.05) is 23.8 Å². The Bertz CT molecular complexity index is 768. The van der Waals surface area contributed by atoms with E-state index in [9.17, 15) is 9.90 Å². The van der Waals surface area contributed by atoms with E-state index in [0.717, 1.165) is 17.0 Å². The summed E-state index contributed by atoms with van der Waals surface area (Å²) in [6.45, 7) is 1.82. The number of allylic oxidation sites excluding steroid dienone is 5. The van der Waals surface area contributed by atoms with E-state index in [-0.39, 0.29) is 10.8 Å². The minimum Gasteiger partial charge on any atom is -0.499 e. The van der Waals surface area contributed by atoms with E-state index < -0.39 is 0 Å². The third kappa shape index (κ3) is 2.32. The molecule has 0 bridgehead atoms. The van der Waals surface area contributed by atoms with Crippen LogP contribution in [0.1, 0.15) is 23.0 Å². The molecule has 0 saturated carbocycles. The van der Waals surface area contributed by atoms with Gasteiger partial charge in [0.15, 0.2) is 5.06 Å². The number of methoxy groups -OCH3 is 1. The van der Waals surface area contributed by atoms with Crippen molar-refractivity contribution < 1.29 is 14.6 Å². The largest absolute Gasteiger partial charge is 0.499 e. The Kier molecular flexibility index (Phi) is 3.47. The second-order valence-electron chi connectivity index (χ2n) is 4.60. The Hall–Kier alpha value is -1.85. The number of Topliss-reactive ketones (excluding diaryl/α,β-unsaturated/α-hetero) is 1. The Morgan fingerprint density at radius 2 is 2.29 bits per heavy atom. The molecule has 1 radical (unpaired) electrons. The van der Waals surface area contributed by atoms with Crippen LogP contribution in [0.2, 0.25) is 0 Å². The molecule has 4 nitrogen and oxygen atoms in total. The monoisotopic (exact) mass is 320 g/mol. The molecule has 1 aromatic rings. The second kappa shape index (κ2) is 5.16. The number of aromatic hydroxyl groups is 1. The molecule has 0 fully saturated rings. The van der Waals surface area contributed by atoms with Gasteiger partial charge in [-0.2, -0.15) is 0 Å². The summed E-state index contributed by atoms with van der Waals surface area (Å²) in [6, 6.07) is 3.06. The minimum absolute atomic E-state index is 0.0878. The maximum Gasteiger partial charge on any atom is 0.207 e. The van der Waals surface area contributed by atoms with Crippen molar-refractivity contribution in [1.82, 2.24) is 0 Å². The van der Waals surface area contributed by atoms with Gasteiger partial charge >= 0.3 is 0 Å². The number of thiophene rings is 1. The molecule has 0 aromatic carbocycles. The summed E-state index contributed by atoms with van der Waals surface area (Å²) < 4.78 is 5.32. The van der Waals surface area contributed by atoms with E-state index in [1.54, 1.807) is 6.07 Å². The third-order valence-corrected chi connectivity index (χ3v) is 4.38. The van der Waals surface area contributed by atoms with Gasteiger partial charge in [-0.05, 0) is 19.1 Å². The molecule has 0 spiro atoms. The predicted molar refractivity (Wildman–Crippen MR) is 81.7 cm³/mol. The van der Waals surface area contributed by atoms with Crippen molar-refractivity contribution in [3.63, 3.8) is 0 Å². The quantitative estimate of drug-likeness (QED) is 0.866. The second-order valence-corrected chi connectivity index (χ2v) is 6.12. The highest BCUT2D eigenvalue weighted by Gasteiger charge is 2.33. The Balaban J connectivity index is 2.17. The molecule has 0 unspecified atom stereocenters. The molecule has 21 heavy (non-hydrogen) atoms. The van der Waals surface area contributed by atoms with Crippen molar-refractivity contribution in [1.29, 1.82) is 0 Å². The number of hydrogen-bond acceptors (Lipinski definition) is 5. The lowest BCUT2D eigenvalue weighted by Crippen LogP contribution is -2.18. The molecule has 2 heterocycles. The van der Waals surface area contributed by atoms with E-state index in [1.165, 1.54) is 13.2 Å². The lowest BCUT2D eigenvalue weighted by atomic mass is 9.91. The van der Waals surface area contributed by atoms with Crippen molar-refractivity contribution in [2.45, 2.75) is 13.3 Å². The van der Waals surface area contributed by atoms with Crippen LogP contribution in [-0.4, -0.2) is 23.7 Å². The lowest BCUT2D eigenvalue weighted by molar-refractivity contribution is 0.103. The van der Waals surface area contributed by atoms with Crippen LogP contribution in [0.4, 0.5) is 0 Å².